The molecule has 0 saturated heterocycles. The molecule has 4 heteroatoms. The maximum Gasteiger partial charge on any atom is 0.231 e. The van der Waals surface area contributed by atoms with E-state index in [1.54, 1.807) is 6.08 Å². The van der Waals surface area contributed by atoms with Crippen molar-refractivity contribution in [2.75, 3.05) is 20.2 Å². The largest absolute Gasteiger partial charge is 0.490 e. The molecular weight excluding hydrogens is 216 g/mol. The molecule has 0 radical (unpaired) electrons. The van der Waals surface area contributed by atoms with E-state index in [4.69, 9.17) is 10.5 Å². The van der Waals surface area contributed by atoms with E-state index in [-0.39, 0.29) is 12.5 Å². The lowest BCUT2D eigenvalue weighted by molar-refractivity contribution is -0.118. The van der Waals surface area contributed by atoms with Crippen LogP contribution in [0.2, 0.25) is 0 Å². The van der Waals surface area contributed by atoms with Gasteiger partial charge in [0, 0.05) is 6.54 Å². The Labute approximate surface area is 102 Å². The van der Waals surface area contributed by atoms with Gasteiger partial charge in [-0.3, -0.25) is 9.69 Å². The summed E-state index contributed by atoms with van der Waals surface area (Å²) in [7, 11) is 1.85. The van der Waals surface area contributed by atoms with Crippen molar-refractivity contribution in [1.29, 1.82) is 0 Å². The lowest BCUT2D eigenvalue weighted by atomic mass is 10.2. The highest BCUT2D eigenvalue weighted by Gasteiger charge is 2.03. The van der Waals surface area contributed by atoms with Crippen molar-refractivity contribution >= 4 is 5.91 Å². The molecule has 0 atom stereocenters. The van der Waals surface area contributed by atoms with E-state index < -0.39 is 0 Å². The molecule has 92 valence electrons. The number of carbonyl (C=O) groups is 1. The SMILES string of the molecule is C=CCOc1ccc(CN(C)CC(N)=O)cc1. The van der Waals surface area contributed by atoms with Gasteiger partial charge in [0.2, 0.25) is 5.91 Å². The average molecular weight is 234 g/mol. The second-order valence-corrected chi connectivity index (χ2v) is 3.88. The van der Waals surface area contributed by atoms with Gasteiger partial charge in [-0.25, -0.2) is 0 Å². The molecule has 2 N–H and O–H groups in total. The number of nitrogens with two attached hydrogens (primary N) is 1. The van der Waals surface area contributed by atoms with Gasteiger partial charge in [-0.15, -0.1) is 0 Å². The third-order valence-electron chi connectivity index (χ3n) is 2.17. The van der Waals surface area contributed by atoms with Crippen molar-refractivity contribution < 1.29 is 9.53 Å². The number of benzene rings is 1. The monoisotopic (exact) mass is 234 g/mol. The standard InChI is InChI=1S/C13H18N2O2/c1-3-8-17-12-6-4-11(5-7-12)9-15(2)10-13(14)16/h3-7H,1,8-10H2,2H3,(H2,14,16). The first-order valence-corrected chi connectivity index (χ1v) is 5.41. The molecule has 1 rings (SSSR count). The third-order valence-corrected chi connectivity index (χ3v) is 2.17. The Morgan fingerprint density at radius 3 is 2.65 bits per heavy atom. The Morgan fingerprint density at radius 2 is 2.12 bits per heavy atom. The van der Waals surface area contributed by atoms with Gasteiger partial charge in [0.25, 0.3) is 0 Å². The summed E-state index contributed by atoms with van der Waals surface area (Å²) in [6, 6.07) is 7.74. The molecule has 0 bridgehead atoms. The van der Waals surface area contributed by atoms with E-state index in [0.29, 0.717) is 13.2 Å². The lowest BCUT2D eigenvalue weighted by Crippen LogP contribution is -2.30. The molecule has 0 aliphatic carbocycles. The molecule has 0 spiro atoms. The summed E-state index contributed by atoms with van der Waals surface area (Å²) in [6.45, 7) is 5.03. The second kappa shape index (κ2) is 6.70. The van der Waals surface area contributed by atoms with Crippen LogP contribution in [0, 0.1) is 0 Å². The van der Waals surface area contributed by atoms with Crippen molar-refractivity contribution in [2.24, 2.45) is 5.73 Å². The molecular formula is C13H18N2O2. The van der Waals surface area contributed by atoms with Crippen LogP contribution < -0.4 is 10.5 Å². The first-order chi connectivity index (χ1) is 8.11. The molecule has 0 unspecified atom stereocenters. The first kappa shape index (κ1) is 13.3. The van der Waals surface area contributed by atoms with Crippen LogP contribution in [0.3, 0.4) is 0 Å². The number of hydrogen-bond donors (Lipinski definition) is 1. The van der Waals surface area contributed by atoms with Gasteiger partial charge in [0.05, 0.1) is 6.54 Å². The van der Waals surface area contributed by atoms with Gasteiger partial charge in [0.1, 0.15) is 12.4 Å². The number of likely N-dealkylation sites (N-methyl/N-ethyl adjacent to an activating group) is 1. The number of rotatable bonds is 7. The van der Waals surface area contributed by atoms with Gasteiger partial charge >= 0.3 is 0 Å². The van der Waals surface area contributed by atoms with Gasteiger partial charge in [-0.05, 0) is 24.7 Å². The van der Waals surface area contributed by atoms with Gasteiger partial charge in [-0.1, -0.05) is 24.8 Å². The van der Waals surface area contributed by atoms with Crippen molar-refractivity contribution in [3.63, 3.8) is 0 Å². The Morgan fingerprint density at radius 1 is 1.47 bits per heavy atom. The summed E-state index contributed by atoms with van der Waals surface area (Å²) in [6.07, 6.45) is 1.70. The highest BCUT2D eigenvalue weighted by Crippen LogP contribution is 2.13. The van der Waals surface area contributed by atoms with Crippen LogP contribution >= 0.6 is 0 Å². The summed E-state index contributed by atoms with van der Waals surface area (Å²) >= 11 is 0. The number of nitrogens with zero attached hydrogens (tertiary/aromatic N) is 1. The summed E-state index contributed by atoms with van der Waals surface area (Å²) in [5.41, 5.74) is 6.23. The zero-order valence-electron chi connectivity index (χ0n) is 10.1. The zero-order valence-corrected chi connectivity index (χ0v) is 10.1. The summed E-state index contributed by atoms with van der Waals surface area (Å²) in [5, 5.41) is 0. The molecule has 0 aliphatic heterocycles. The van der Waals surface area contributed by atoms with Crippen LogP contribution in [0.4, 0.5) is 0 Å². The maximum atomic E-state index is 10.7. The fourth-order valence-electron chi connectivity index (χ4n) is 1.48. The van der Waals surface area contributed by atoms with Gasteiger partial charge in [-0.2, -0.15) is 0 Å². The van der Waals surface area contributed by atoms with Crippen LogP contribution in [-0.2, 0) is 11.3 Å². The second-order valence-electron chi connectivity index (χ2n) is 3.88. The lowest BCUT2D eigenvalue weighted by Gasteiger charge is -2.14. The minimum Gasteiger partial charge on any atom is -0.490 e. The van der Waals surface area contributed by atoms with E-state index in [1.807, 2.05) is 36.2 Å². The molecule has 17 heavy (non-hydrogen) atoms. The fraction of sp³-hybridized carbons (Fsp3) is 0.308. The van der Waals surface area contributed by atoms with Crippen molar-refractivity contribution in [3.8, 4) is 5.75 Å². The average Bonchev–Trinajstić information content (AvgIpc) is 2.27. The van der Waals surface area contributed by atoms with Gasteiger partial charge in [0.15, 0.2) is 0 Å². The number of primary amides is 1. The summed E-state index contributed by atoms with van der Waals surface area (Å²) < 4.78 is 5.37. The highest BCUT2D eigenvalue weighted by atomic mass is 16.5. The molecule has 0 saturated carbocycles. The minimum atomic E-state index is -0.321. The topological polar surface area (TPSA) is 55.6 Å². The smallest absolute Gasteiger partial charge is 0.231 e. The van der Waals surface area contributed by atoms with Crippen LogP contribution in [0.15, 0.2) is 36.9 Å². The van der Waals surface area contributed by atoms with E-state index in [2.05, 4.69) is 6.58 Å². The van der Waals surface area contributed by atoms with E-state index in [1.165, 1.54) is 0 Å². The number of amides is 1. The third kappa shape index (κ3) is 5.17. The molecule has 1 aromatic carbocycles. The van der Waals surface area contributed by atoms with Crippen LogP contribution in [0.5, 0.6) is 5.75 Å². The number of carbonyl (C=O) groups excluding carboxylic acids is 1. The first-order valence-electron chi connectivity index (χ1n) is 5.41. The normalized spacial score (nSPS) is 10.2. The van der Waals surface area contributed by atoms with E-state index in [0.717, 1.165) is 11.3 Å². The van der Waals surface area contributed by atoms with Crippen molar-refractivity contribution in [1.82, 2.24) is 4.90 Å². The molecule has 0 aliphatic rings. The maximum absolute atomic E-state index is 10.7. The minimum absolute atomic E-state index is 0.259. The molecule has 0 heterocycles. The Balaban J connectivity index is 2.49. The Hall–Kier alpha value is -1.81. The predicted molar refractivity (Wildman–Crippen MR) is 67.7 cm³/mol. The molecule has 1 amide bonds. The van der Waals surface area contributed by atoms with Crippen LogP contribution in [0.1, 0.15) is 5.56 Å². The number of hydrogen-bond acceptors (Lipinski definition) is 3. The highest BCUT2D eigenvalue weighted by molar-refractivity contribution is 5.75. The zero-order chi connectivity index (χ0) is 12.7. The Kier molecular flexibility index (Phi) is 5.23. The number of ether oxygens (including phenoxy) is 1. The van der Waals surface area contributed by atoms with E-state index in [9.17, 15) is 4.79 Å². The van der Waals surface area contributed by atoms with Crippen molar-refractivity contribution in [3.05, 3.63) is 42.5 Å². The van der Waals surface area contributed by atoms with Crippen LogP contribution in [-0.4, -0.2) is 31.0 Å². The molecule has 4 nitrogen and oxygen atoms in total. The molecule has 0 aromatic heterocycles. The molecule has 0 fully saturated rings. The molecule has 1 aromatic rings. The Bertz CT molecular complexity index is 374. The van der Waals surface area contributed by atoms with Gasteiger partial charge < -0.3 is 10.5 Å². The quantitative estimate of drug-likeness (QED) is 0.720. The van der Waals surface area contributed by atoms with E-state index >= 15 is 0 Å². The van der Waals surface area contributed by atoms with Crippen LogP contribution in [0.25, 0.3) is 0 Å². The predicted octanol–water partition coefficient (Wildman–Crippen LogP) is 1.17. The summed E-state index contributed by atoms with van der Waals surface area (Å²) in [4.78, 5) is 12.6. The van der Waals surface area contributed by atoms with Crippen molar-refractivity contribution in [2.45, 2.75) is 6.54 Å². The fourth-order valence-corrected chi connectivity index (χ4v) is 1.48. The summed E-state index contributed by atoms with van der Waals surface area (Å²) in [5.74, 6) is 0.490.